The fourth-order valence-corrected chi connectivity index (χ4v) is 2.17. The molecule has 116 valence electrons. The van der Waals surface area contributed by atoms with Crippen molar-refractivity contribution in [3.63, 3.8) is 0 Å². The number of halogens is 1. The van der Waals surface area contributed by atoms with Gasteiger partial charge in [-0.2, -0.15) is 0 Å². The van der Waals surface area contributed by atoms with Crippen LogP contribution < -0.4 is 9.47 Å². The van der Waals surface area contributed by atoms with E-state index in [1.54, 1.807) is 24.3 Å². The standard InChI is InChI=1S/C14H13ClN2O4S/c1-19-12-7-9(4-6-13(18)20-2)3-5-11(12)21-8-10-14(15)22-17-16-10/h3-7H,8H2,1-2H3/b6-4+. The van der Waals surface area contributed by atoms with E-state index >= 15 is 0 Å². The molecule has 0 aliphatic rings. The van der Waals surface area contributed by atoms with Crippen LogP contribution in [0.25, 0.3) is 6.08 Å². The van der Waals surface area contributed by atoms with Crippen LogP contribution in [-0.4, -0.2) is 29.8 Å². The summed E-state index contributed by atoms with van der Waals surface area (Å²) in [7, 11) is 2.86. The molecule has 0 saturated heterocycles. The van der Waals surface area contributed by atoms with E-state index in [2.05, 4.69) is 14.3 Å². The van der Waals surface area contributed by atoms with E-state index in [1.807, 2.05) is 0 Å². The second kappa shape index (κ2) is 7.77. The van der Waals surface area contributed by atoms with Crippen molar-refractivity contribution in [2.75, 3.05) is 14.2 Å². The molecule has 0 bridgehead atoms. The van der Waals surface area contributed by atoms with Crippen LogP contribution in [0, 0.1) is 0 Å². The van der Waals surface area contributed by atoms with Gasteiger partial charge in [0.1, 0.15) is 16.6 Å². The lowest BCUT2D eigenvalue weighted by molar-refractivity contribution is -0.134. The van der Waals surface area contributed by atoms with Gasteiger partial charge < -0.3 is 14.2 Å². The van der Waals surface area contributed by atoms with Gasteiger partial charge in [-0.15, -0.1) is 5.10 Å². The van der Waals surface area contributed by atoms with Gasteiger partial charge in [0.25, 0.3) is 0 Å². The number of ether oxygens (including phenoxy) is 3. The van der Waals surface area contributed by atoms with Crippen molar-refractivity contribution in [1.29, 1.82) is 0 Å². The monoisotopic (exact) mass is 340 g/mol. The molecule has 0 unspecified atom stereocenters. The zero-order valence-corrected chi connectivity index (χ0v) is 13.5. The van der Waals surface area contributed by atoms with Crippen LogP contribution in [0.15, 0.2) is 24.3 Å². The van der Waals surface area contributed by atoms with Crippen LogP contribution in [0.1, 0.15) is 11.3 Å². The maximum absolute atomic E-state index is 11.1. The summed E-state index contributed by atoms with van der Waals surface area (Å²) >= 11 is 7.02. The van der Waals surface area contributed by atoms with Crippen molar-refractivity contribution in [2.24, 2.45) is 0 Å². The number of hydrogen-bond acceptors (Lipinski definition) is 7. The molecule has 0 aliphatic carbocycles. The molecule has 2 aromatic rings. The Labute approximate surface area is 136 Å². The van der Waals surface area contributed by atoms with E-state index in [4.69, 9.17) is 21.1 Å². The smallest absolute Gasteiger partial charge is 0.330 e. The predicted molar refractivity (Wildman–Crippen MR) is 83.3 cm³/mol. The third kappa shape index (κ3) is 4.19. The Morgan fingerprint density at radius 1 is 1.36 bits per heavy atom. The van der Waals surface area contributed by atoms with Crippen molar-refractivity contribution >= 4 is 35.2 Å². The number of aromatic nitrogens is 2. The molecule has 0 N–H and O–H groups in total. The zero-order chi connectivity index (χ0) is 15.9. The average molecular weight is 341 g/mol. The predicted octanol–water partition coefficient (Wildman–Crippen LogP) is 2.97. The first-order valence-electron chi connectivity index (χ1n) is 6.17. The maximum atomic E-state index is 11.1. The van der Waals surface area contributed by atoms with Gasteiger partial charge in [0.2, 0.25) is 0 Å². The average Bonchev–Trinajstić information content (AvgIpc) is 2.95. The zero-order valence-electron chi connectivity index (χ0n) is 11.9. The number of rotatable bonds is 6. The Kier molecular flexibility index (Phi) is 5.74. The Hall–Kier alpha value is -2.12. The van der Waals surface area contributed by atoms with E-state index in [0.29, 0.717) is 21.5 Å². The third-order valence-electron chi connectivity index (χ3n) is 2.67. The maximum Gasteiger partial charge on any atom is 0.330 e. The fraction of sp³-hybridized carbons (Fsp3) is 0.214. The summed E-state index contributed by atoms with van der Waals surface area (Å²) in [6.45, 7) is 0.197. The quantitative estimate of drug-likeness (QED) is 0.594. The van der Waals surface area contributed by atoms with Crippen molar-refractivity contribution in [2.45, 2.75) is 6.61 Å². The Balaban J connectivity index is 2.10. The highest BCUT2D eigenvalue weighted by Crippen LogP contribution is 2.30. The molecule has 6 nitrogen and oxygen atoms in total. The normalized spacial score (nSPS) is 10.7. The van der Waals surface area contributed by atoms with Gasteiger partial charge in [-0.25, -0.2) is 4.79 Å². The topological polar surface area (TPSA) is 70.5 Å². The first kappa shape index (κ1) is 16.3. The van der Waals surface area contributed by atoms with Crippen LogP contribution >= 0.6 is 23.1 Å². The molecule has 8 heteroatoms. The van der Waals surface area contributed by atoms with Gasteiger partial charge in [0, 0.05) is 17.6 Å². The van der Waals surface area contributed by atoms with E-state index in [-0.39, 0.29) is 6.61 Å². The summed E-state index contributed by atoms with van der Waals surface area (Å²) in [6, 6.07) is 5.28. The van der Waals surface area contributed by atoms with Crippen molar-refractivity contribution < 1.29 is 19.0 Å². The van der Waals surface area contributed by atoms with Crippen LogP contribution in [0.4, 0.5) is 0 Å². The number of carbonyl (C=O) groups excluding carboxylic acids is 1. The lowest BCUT2D eigenvalue weighted by Crippen LogP contribution is -1.99. The van der Waals surface area contributed by atoms with E-state index < -0.39 is 5.97 Å². The lowest BCUT2D eigenvalue weighted by atomic mass is 10.2. The summed E-state index contributed by atoms with van der Waals surface area (Å²) in [6.07, 6.45) is 2.95. The number of methoxy groups -OCH3 is 2. The Bertz CT molecular complexity index is 687. The van der Waals surface area contributed by atoms with Gasteiger partial charge in [-0.3, -0.25) is 0 Å². The van der Waals surface area contributed by atoms with E-state index in [0.717, 1.165) is 17.1 Å². The number of nitrogens with zero attached hydrogens (tertiary/aromatic N) is 2. The highest BCUT2D eigenvalue weighted by atomic mass is 35.5. The van der Waals surface area contributed by atoms with Crippen LogP contribution in [0.3, 0.4) is 0 Å². The minimum atomic E-state index is -0.426. The molecule has 0 aliphatic heterocycles. The van der Waals surface area contributed by atoms with Gasteiger partial charge in [0.15, 0.2) is 11.5 Å². The fourth-order valence-electron chi connectivity index (χ4n) is 1.57. The van der Waals surface area contributed by atoms with Gasteiger partial charge >= 0.3 is 5.97 Å². The van der Waals surface area contributed by atoms with Crippen molar-refractivity contribution in [3.8, 4) is 11.5 Å². The molecule has 1 heterocycles. The summed E-state index contributed by atoms with van der Waals surface area (Å²) in [5, 5.41) is 3.87. The molecule has 2 rings (SSSR count). The summed E-state index contributed by atoms with van der Waals surface area (Å²) in [4.78, 5) is 11.1. The molecule has 1 aromatic heterocycles. The molecule has 0 fully saturated rings. The number of carbonyl (C=O) groups is 1. The van der Waals surface area contributed by atoms with Gasteiger partial charge in [-0.05, 0) is 23.8 Å². The van der Waals surface area contributed by atoms with Crippen LogP contribution in [-0.2, 0) is 16.1 Å². The number of esters is 1. The Morgan fingerprint density at radius 2 is 2.18 bits per heavy atom. The first-order chi connectivity index (χ1) is 10.6. The van der Waals surface area contributed by atoms with Crippen LogP contribution in [0.5, 0.6) is 11.5 Å². The highest BCUT2D eigenvalue weighted by Gasteiger charge is 2.09. The molecule has 22 heavy (non-hydrogen) atoms. The molecule has 0 spiro atoms. The van der Waals surface area contributed by atoms with E-state index in [9.17, 15) is 4.79 Å². The van der Waals surface area contributed by atoms with E-state index in [1.165, 1.54) is 20.3 Å². The minimum Gasteiger partial charge on any atom is -0.493 e. The van der Waals surface area contributed by atoms with Gasteiger partial charge in [-0.1, -0.05) is 22.2 Å². The number of hydrogen-bond donors (Lipinski definition) is 0. The molecule has 1 aromatic carbocycles. The van der Waals surface area contributed by atoms with Crippen molar-refractivity contribution in [1.82, 2.24) is 9.59 Å². The van der Waals surface area contributed by atoms with Crippen molar-refractivity contribution in [3.05, 3.63) is 39.9 Å². The third-order valence-corrected chi connectivity index (χ3v) is 3.66. The summed E-state index contributed by atoms with van der Waals surface area (Å²) in [5.74, 6) is 0.651. The minimum absolute atomic E-state index is 0.197. The second-order valence-corrected chi connectivity index (χ2v) is 5.40. The van der Waals surface area contributed by atoms with Crippen LogP contribution in [0.2, 0.25) is 4.34 Å². The molecular weight excluding hydrogens is 328 g/mol. The second-order valence-electron chi connectivity index (χ2n) is 4.05. The molecule has 0 radical (unpaired) electrons. The first-order valence-corrected chi connectivity index (χ1v) is 7.32. The summed E-state index contributed by atoms with van der Waals surface area (Å²) < 4.78 is 19.7. The molecule has 0 atom stereocenters. The molecular formula is C14H13ClN2O4S. The SMILES string of the molecule is COC(=O)/C=C/c1ccc(OCc2nnsc2Cl)c(OC)c1. The summed E-state index contributed by atoms with van der Waals surface area (Å²) in [5.41, 5.74) is 1.35. The van der Waals surface area contributed by atoms with Gasteiger partial charge in [0.05, 0.1) is 14.2 Å². The highest BCUT2D eigenvalue weighted by molar-refractivity contribution is 7.10. The number of benzene rings is 1. The lowest BCUT2D eigenvalue weighted by Gasteiger charge is -2.10. The molecule has 0 saturated carbocycles. The Morgan fingerprint density at radius 3 is 2.82 bits per heavy atom. The largest absolute Gasteiger partial charge is 0.493 e. The molecule has 0 amide bonds.